The number of esters is 1. The van der Waals surface area contributed by atoms with Crippen LogP contribution < -0.4 is 10.1 Å². The van der Waals surface area contributed by atoms with Gasteiger partial charge in [0.1, 0.15) is 10.8 Å². The highest BCUT2D eigenvalue weighted by Gasteiger charge is 2.24. The van der Waals surface area contributed by atoms with Crippen molar-refractivity contribution in [1.29, 1.82) is 0 Å². The third-order valence-electron chi connectivity index (χ3n) is 5.40. The number of carbonyl (C=O) groups excluding carboxylic acids is 2. The van der Waals surface area contributed by atoms with E-state index >= 15 is 0 Å². The molecular formula is C24H29ClN4O4S2. The predicted molar refractivity (Wildman–Crippen MR) is 140 cm³/mol. The van der Waals surface area contributed by atoms with E-state index in [-0.39, 0.29) is 17.8 Å². The predicted octanol–water partition coefficient (Wildman–Crippen LogP) is 5.85. The SMILES string of the molecule is CCc1c(C)sc(NC(=O)CSc2nnc(C(C)Oc3ccc(Cl)cc3C)n2CC)c1C(=O)OC. The van der Waals surface area contributed by atoms with Gasteiger partial charge in [0, 0.05) is 16.4 Å². The van der Waals surface area contributed by atoms with Crippen molar-refractivity contribution in [2.24, 2.45) is 0 Å². The van der Waals surface area contributed by atoms with Gasteiger partial charge < -0.3 is 19.4 Å². The van der Waals surface area contributed by atoms with Crippen molar-refractivity contribution in [2.75, 3.05) is 18.2 Å². The van der Waals surface area contributed by atoms with Gasteiger partial charge in [-0.3, -0.25) is 4.79 Å². The van der Waals surface area contributed by atoms with Crippen LogP contribution in [0.3, 0.4) is 0 Å². The van der Waals surface area contributed by atoms with Gasteiger partial charge >= 0.3 is 5.97 Å². The highest BCUT2D eigenvalue weighted by Crippen LogP contribution is 2.34. The van der Waals surface area contributed by atoms with E-state index in [1.54, 1.807) is 6.07 Å². The van der Waals surface area contributed by atoms with Crippen molar-refractivity contribution in [3.63, 3.8) is 0 Å². The normalized spacial score (nSPS) is 11.9. The number of halogens is 1. The number of carbonyl (C=O) groups is 2. The summed E-state index contributed by atoms with van der Waals surface area (Å²) in [6.45, 7) is 10.3. The second kappa shape index (κ2) is 11.9. The van der Waals surface area contributed by atoms with Crippen LogP contribution in [0.15, 0.2) is 23.4 Å². The maximum Gasteiger partial charge on any atom is 0.341 e. The summed E-state index contributed by atoms with van der Waals surface area (Å²) < 4.78 is 13.0. The Bertz CT molecular complexity index is 1220. The minimum absolute atomic E-state index is 0.114. The lowest BCUT2D eigenvalue weighted by Crippen LogP contribution is -2.17. The number of methoxy groups -OCH3 is 1. The summed E-state index contributed by atoms with van der Waals surface area (Å²) in [5.74, 6) is 0.814. The van der Waals surface area contributed by atoms with Crippen LogP contribution in [0.4, 0.5) is 5.00 Å². The molecule has 1 unspecified atom stereocenters. The fourth-order valence-corrected chi connectivity index (χ4v) is 5.88. The van der Waals surface area contributed by atoms with Crippen molar-refractivity contribution in [1.82, 2.24) is 14.8 Å². The molecule has 0 aliphatic rings. The van der Waals surface area contributed by atoms with Gasteiger partial charge in [0.15, 0.2) is 17.1 Å². The Morgan fingerprint density at radius 3 is 2.63 bits per heavy atom. The molecule has 1 amide bonds. The highest BCUT2D eigenvalue weighted by molar-refractivity contribution is 7.99. The van der Waals surface area contributed by atoms with Crippen molar-refractivity contribution in [3.05, 3.63) is 50.6 Å². The van der Waals surface area contributed by atoms with E-state index in [0.717, 1.165) is 21.8 Å². The van der Waals surface area contributed by atoms with E-state index in [1.165, 1.54) is 30.2 Å². The lowest BCUT2D eigenvalue weighted by atomic mass is 10.1. The molecule has 0 saturated heterocycles. The molecule has 0 bridgehead atoms. The second-order valence-corrected chi connectivity index (χ2v) is 10.4. The number of thioether (sulfide) groups is 1. The molecule has 8 nitrogen and oxygen atoms in total. The summed E-state index contributed by atoms with van der Waals surface area (Å²) in [7, 11) is 1.34. The average Bonchev–Trinajstić information content (AvgIpc) is 3.38. The first kappa shape index (κ1) is 27.0. The van der Waals surface area contributed by atoms with Crippen molar-refractivity contribution in [2.45, 2.75) is 58.8 Å². The topological polar surface area (TPSA) is 95.3 Å². The van der Waals surface area contributed by atoms with E-state index in [1.807, 2.05) is 51.3 Å². The van der Waals surface area contributed by atoms with Crippen LogP contribution >= 0.6 is 34.7 Å². The molecule has 0 aliphatic carbocycles. The van der Waals surface area contributed by atoms with Crippen LogP contribution in [0.2, 0.25) is 5.02 Å². The quantitative estimate of drug-likeness (QED) is 0.256. The number of rotatable bonds is 10. The summed E-state index contributed by atoms with van der Waals surface area (Å²) in [5, 5.41) is 13.2. The van der Waals surface area contributed by atoms with Crippen LogP contribution in [0, 0.1) is 13.8 Å². The van der Waals surface area contributed by atoms with Gasteiger partial charge in [-0.05, 0) is 63.4 Å². The first-order valence-electron chi connectivity index (χ1n) is 11.2. The summed E-state index contributed by atoms with van der Waals surface area (Å²) >= 11 is 8.70. The van der Waals surface area contributed by atoms with Crippen LogP contribution in [0.1, 0.15) is 59.1 Å². The summed E-state index contributed by atoms with van der Waals surface area (Å²) in [5.41, 5.74) is 2.25. The van der Waals surface area contributed by atoms with E-state index < -0.39 is 5.97 Å². The minimum Gasteiger partial charge on any atom is -0.482 e. The number of ether oxygens (including phenoxy) is 2. The number of aromatic nitrogens is 3. The summed E-state index contributed by atoms with van der Waals surface area (Å²) in [6, 6.07) is 5.46. The van der Waals surface area contributed by atoms with Crippen LogP contribution in [0.25, 0.3) is 0 Å². The Morgan fingerprint density at radius 2 is 2.00 bits per heavy atom. The Hall–Kier alpha value is -2.56. The molecular weight excluding hydrogens is 508 g/mol. The number of nitrogens with zero attached hydrogens (tertiary/aromatic N) is 3. The highest BCUT2D eigenvalue weighted by atomic mass is 35.5. The summed E-state index contributed by atoms with van der Waals surface area (Å²) in [4.78, 5) is 26.0. The number of hydrogen-bond donors (Lipinski definition) is 1. The summed E-state index contributed by atoms with van der Waals surface area (Å²) in [6.07, 6.45) is 0.324. The van der Waals surface area contributed by atoms with Gasteiger partial charge in [0.25, 0.3) is 0 Å². The monoisotopic (exact) mass is 536 g/mol. The second-order valence-electron chi connectivity index (χ2n) is 7.78. The zero-order valence-electron chi connectivity index (χ0n) is 20.6. The molecule has 0 radical (unpaired) electrons. The van der Waals surface area contributed by atoms with Gasteiger partial charge in [0.05, 0.1) is 18.4 Å². The van der Waals surface area contributed by atoms with Gasteiger partial charge in [-0.25, -0.2) is 4.79 Å². The molecule has 1 N–H and O–H groups in total. The molecule has 1 aromatic carbocycles. The standard InChI is InChI=1S/C24H29ClN4O4S2/c1-7-17-15(5)35-22(20(17)23(31)32-6)26-19(30)12-34-24-28-27-21(29(24)8-2)14(4)33-18-10-9-16(25)11-13(18)3/h9-11,14H,7-8,12H2,1-6H3,(H,26,30). The van der Waals surface area contributed by atoms with Crippen molar-refractivity contribution in [3.8, 4) is 5.75 Å². The van der Waals surface area contributed by atoms with E-state index in [4.69, 9.17) is 21.1 Å². The number of nitrogens with one attached hydrogen (secondary N) is 1. The van der Waals surface area contributed by atoms with Gasteiger partial charge in [-0.2, -0.15) is 0 Å². The lowest BCUT2D eigenvalue weighted by Gasteiger charge is -2.17. The average molecular weight is 537 g/mol. The zero-order valence-corrected chi connectivity index (χ0v) is 23.0. The van der Waals surface area contributed by atoms with Crippen molar-refractivity contribution >= 4 is 51.6 Å². The van der Waals surface area contributed by atoms with Crippen LogP contribution in [0.5, 0.6) is 5.75 Å². The molecule has 2 heterocycles. The largest absolute Gasteiger partial charge is 0.482 e. The maximum absolute atomic E-state index is 12.7. The van der Waals surface area contributed by atoms with E-state index in [0.29, 0.717) is 39.5 Å². The molecule has 2 aromatic heterocycles. The smallest absolute Gasteiger partial charge is 0.341 e. The number of thiophene rings is 1. The molecule has 0 saturated carbocycles. The molecule has 0 aliphatic heterocycles. The first-order valence-corrected chi connectivity index (χ1v) is 13.4. The Labute approximate surface area is 218 Å². The van der Waals surface area contributed by atoms with E-state index in [2.05, 4.69) is 15.5 Å². The fourth-order valence-electron chi connectivity index (χ4n) is 3.70. The Balaban J connectivity index is 1.70. The molecule has 0 fully saturated rings. The maximum atomic E-state index is 12.7. The number of anilines is 1. The molecule has 3 aromatic rings. The van der Waals surface area contributed by atoms with Crippen molar-refractivity contribution < 1.29 is 19.1 Å². The third kappa shape index (κ3) is 6.17. The minimum atomic E-state index is -0.450. The van der Waals surface area contributed by atoms with Crippen LogP contribution in [-0.2, 0) is 22.5 Å². The van der Waals surface area contributed by atoms with E-state index in [9.17, 15) is 9.59 Å². The lowest BCUT2D eigenvalue weighted by molar-refractivity contribution is -0.113. The molecule has 188 valence electrons. The molecule has 35 heavy (non-hydrogen) atoms. The number of amides is 1. The molecule has 3 rings (SSSR count). The Morgan fingerprint density at radius 1 is 1.26 bits per heavy atom. The number of benzene rings is 1. The van der Waals surface area contributed by atoms with Gasteiger partial charge in [0.2, 0.25) is 5.91 Å². The fraction of sp³-hybridized carbons (Fsp3) is 0.417. The molecule has 11 heteroatoms. The van der Waals surface area contributed by atoms with Gasteiger partial charge in [-0.1, -0.05) is 30.3 Å². The van der Waals surface area contributed by atoms with Gasteiger partial charge in [-0.15, -0.1) is 21.5 Å². The number of aryl methyl sites for hydroxylation is 2. The Kier molecular flexibility index (Phi) is 9.21. The zero-order chi connectivity index (χ0) is 25.7. The number of hydrogen-bond acceptors (Lipinski definition) is 8. The van der Waals surface area contributed by atoms with Crippen LogP contribution in [-0.4, -0.2) is 39.5 Å². The first-order chi connectivity index (χ1) is 16.7. The molecule has 0 spiro atoms. The third-order valence-corrected chi connectivity index (χ3v) is 7.67. The molecule has 1 atom stereocenters.